The van der Waals surface area contributed by atoms with Crippen LogP contribution in [-0.4, -0.2) is 66.9 Å². The Morgan fingerprint density at radius 1 is 1.27 bits per heavy atom. The fourth-order valence-corrected chi connectivity index (χ4v) is 3.59. The zero-order valence-corrected chi connectivity index (χ0v) is 22.0. The van der Waals surface area contributed by atoms with Crippen molar-refractivity contribution in [3.63, 3.8) is 0 Å². The molecule has 0 bridgehead atoms. The van der Waals surface area contributed by atoms with Crippen LogP contribution in [0.15, 0.2) is 66.2 Å². The summed E-state index contributed by atoms with van der Waals surface area (Å²) in [5.74, 6) is 0.810. The molecular formula is C26H30ClN7O3. The number of hydrogen-bond donors (Lipinski definition) is 2. The normalized spacial score (nSPS) is 13.8. The largest absolute Gasteiger partial charge is 0.494 e. The van der Waals surface area contributed by atoms with Crippen LogP contribution in [-0.2, 0) is 4.79 Å². The summed E-state index contributed by atoms with van der Waals surface area (Å²) in [4.78, 5) is 23.0. The van der Waals surface area contributed by atoms with Gasteiger partial charge in [-0.25, -0.2) is 15.0 Å². The predicted octanol–water partition coefficient (Wildman–Crippen LogP) is 4.68. The van der Waals surface area contributed by atoms with Gasteiger partial charge in [0, 0.05) is 31.1 Å². The summed E-state index contributed by atoms with van der Waals surface area (Å²) in [7, 11) is 5.43. The van der Waals surface area contributed by atoms with E-state index in [4.69, 9.17) is 21.1 Å². The molecule has 0 aliphatic carbocycles. The maximum absolute atomic E-state index is 12.1. The minimum absolute atomic E-state index is 0.272. The van der Waals surface area contributed by atoms with E-state index in [1.165, 1.54) is 19.4 Å². The fraction of sp³-hybridized carbons (Fsp3) is 0.231. The molecule has 1 aromatic carbocycles. The van der Waals surface area contributed by atoms with Gasteiger partial charge in [0.05, 0.1) is 41.1 Å². The van der Waals surface area contributed by atoms with Gasteiger partial charge in [0.1, 0.15) is 18.1 Å². The number of likely N-dealkylation sites (N-methyl/N-ethyl adjacent to an activating group) is 1. The average molecular weight is 524 g/mol. The number of carbonyl (C=O) groups is 1. The second-order valence-electron chi connectivity index (χ2n) is 8.11. The van der Waals surface area contributed by atoms with Gasteiger partial charge in [-0.05, 0) is 45.3 Å². The topological polar surface area (TPSA) is 104 Å². The number of nitrogens with one attached hydrogen (secondary N) is 2. The predicted molar refractivity (Wildman–Crippen MR) is 148 cm³/mol. The van der Waals surface area contributed by atoms with E-state index in [-0.39, 0.29) is 11.9 Å². The molecule has 0 fully saturated rings. The molecule has 10 nitrogen and oxygen atoms in total. The number of allylic oxidation sites excluding steroid dienone is 4. The average Bonchev–Trinajstić information content (AvgIpc) is 2.90. The lowest BCUT2D eigenvalue weighted by Crippen LogP contribution is -2.20. The van der Waals surface area contributed by atoms with E-state index in [9.17, 15) is 4.79 Å². The lowest BCUT2D eigenvalue weighted by atomic mass is 10.1. The van der Waals surface area contributed by atoms with Crippen LogP contribution in [0.3, 0.4) is 0 Å². The van der Waals surface area contributed by atoms with Gasteiger partial charge in [0.2, 0.25) is 11.9 Å². The third-order valence-electron chi connectivity index (χ3n) is 5.26. The number of ether oxygens (including phenoxy) is 2. The van der Waals surface area contributed by atoms with Crippen molar-refractivity contribution in [2.45, 2.75) is 6.92 Å². The number of anilines is 3. The molecule has 3 rings (SSSR count). The summed E-state index contributed by atoms with van der Waals surface area (Å²) < 4.78 is 11.5. The highest BCUT2D eigenvalue weighted by Crippen LogP contribution is 2.38. The highest BCUT2D eigenvalue weighted by atomic mass is 35.5. The first-order valence-electron chi connectivity index (χ1n) is 11.3. The van der Waals surface area contributed by atoms with Crippen molar-refractivity contribution in [2.75, 3.05) is 45.0 Å². The number of methoxy groups -OCH3 is 1. The van der Waals surface area contributed by atoms with Crippen LogP contribution in [0, 0.1) is 0 Å². The number of hydrogen-bond acceptors (Lipinski definition) is 9. The summed E-state index contributed by atoms with van der Waals surface area (Å²) in [5.41, 5.74) is 3.02. The Morgan fingerprint density at radius 3 is 2.73 bits per heavy atom. The first-order chi connectivity index (χ1) is 17.8. The van der Waals surface area contributed by atoms with Crippen LogP contribution in [0.5, 0.6) is 11.5 Å². The maximum Gasteiger partial charge on any atom is 0.247 e. The Kier molecular flexibility index (Phi) is 9.42. The fourth-order valence-electron chi connectivity index (χ4n) is 3.35. The number of rotatable bonds is 11. The molecule has 11 heteroatoms. The number of halogens is 1. The minimum Gasteiger partial charge on any atom is -0.494 e. The van der Waals surface area contributed by atoms with Crippen molar-refractivity contribution < 1.29 is 14.3 Å². The number of carbonyl (C=O) groups excluding carboxylic acids is 1. The van der Waals surface area contributed by atoms with Crippen LogP contribution in [0.4, 0.5) is 17.3 Å². The summed E-state index contributed by atoms with van der Waals surface area (Å²) in [6.07, 6.45) is 10.1. The Morgan fingerprint density at radius 2 is 2.05 bits per heavy atom. The first kappa shape index (κ1) is 27.4. The van der Waals surface area contributed by atoms with Gasteiger partial charge < -0.3 is 25.0 Å². The molecule has 0 spiro atoms. The molecule has 1 aliphatic heterocycles. The Hall–Kier alpha value is -4.15. The number of benzene rings is 1. The molecule has 1 aromatic heterocycles. The molecule has 37 heavy (non-hydrogen) atoms. The van der Waals surface area contributed by atoms with Crippen LogP contribution in [0.1, 0.15) is 12.6 Å². The van der Waals surface area contributed by atoms with E-state index in [2.05, 4.69) is 39.0 Å². The van der Waals surface area contributed by atoms with Crippen molar-refractivity contribution in [3.05, 3.63) is 71.8 Å². The van der Waals surface area contributed by atoms with Gasteiger partial charge in [-0.1, -0.05) is 24.3 Å². The lowest BCUT2D eigenvalue weighted by Gasteiger charge is -2.21. The van der Waals surface area contributed by atoms with Crippen molar-refractivity contribution in [1.82, 2.24) is 19.9 Å². The molecule has 2 heterocycles. The van der Waals surface area contributed by atoms with Gasteiger partial charge in [-0.15, -0.1) is 0 Å². The van der Waals surface area contributed by atoms with Gasteiger partial charge in [-0.2, -0.15) is 5.10 Å². The molecule has 1 amide bonds. The van der Waals surface area contributed by atoms with Crippen LogP contribution >= 0.6 is 11.6 Å². The van der Waals surface area contributed by atoms with Crippen molar-refractivity contribution in [3.8, 4) is 11.5 Å². The van der Waals surface area contributed by atoms with Gasteiger partial charge in [0.15, 0.2) is 0 Å². The highest BCUT2D eigenvalue weighted by Gasteiger charge is 2.18. The summed E-state index contributed by atoms with van der Waals surface area (Å²) in [6.45, 7) is 10.1. The SMILES string of the molecule is C=CC(=O)Nc1cc(Nc2ncc(Cl)c(/C(C)=C3\C=CC=CN3N=C)n2)c(OC)cc1OCCN(C)C. The van der Waals surface area contributed by atoms with Gasteiger partial charge >= 0.3 is 0 Å². The van der Waals surface area contributed by atoms with E-state index in [0.29, 0.717) is 46.7 Å². The number of hydrazone groups is 1. The Balaban J connectivity index is 1.99. The van der Waals surface area contributed by atoms with Crippen molar-refractivity contribution in [1.29, 1.82) is 0 Å². The van der Waals surface area contributed by atoms with Crippen molar-refractivity contribution >= 4 is 47.1 Å². The van der Waals surface area contributed by atoms with Crippen molar-refractivity contribution in [2.24, 2.45) is 5.10 Å². The summed E-state index contributed by atoms with van der Waals surface area (Å²) >= 11 is 6.46. The second kappa shape index (κ2) is 12.7. The molecule has 1 aliphatic rings. The summed E-state index contributed by atoms with van der Waals surface area (Å²) in [6, 6.07) is 3.37. The third-order valence-corrected chi connectivity index (χ3v) is 5.54. The standard InChI is InChI=1S/C26H30ClN7O3/c1-7-24(35)30-20-14-19(22(36-6)15-23(20)37-13-12-33(4)5)31-26-29-16-18(27)25(32-26)17(2)21-10-8-9-11-34(21)28-3/h7-11,14-16H,1,3,12-13H2,2,4-6H3,(H,30,35)(H,29,31,32)/b21-17+. The molecule has 0 saturated heterocycles. The van der Waals surface area contributed by atoms with Gasteiger partial charge in [-0.3, -0.25) is 4.79 Å². The zero-order valence-electron chi connectivity index (χ0n) is 21.3. The number of amides is 1. The molecule has 0 radical (unpaired) electrons. The molecule has 194 valence electrons. The van der Waals surface area contributed by atoms with Crippen LogP contribution in [0.25, 0.3) is 5.57 Å². The quantitative estimate of drug-likeness (QED) is 0.323. The smallest absolute Gasteiger partial charge is 0.247 e. The monoisotopic (exact) mass is 523 g/mol. The zero-order chi connectivity index (χ0) is 26.9. The molecular weight excluding hydrogens is 494 g/mol. The van der Waals surface area contributed by atoms with E-state index >= 15 is 0 Å². The molecule has 2 N–H and O–H groups in total. The van der Waals surface area contributed by atoms with E-state index < -0.39 is 0 Å². The second-order valence-corrected chi connectivity index (χ2v) is 8.51. The lowest BCUT2D eigenvalue weighted by molar-refractivity contribution is -0.111. The molecule has 2 aromatic rings. The van der Waals surface area contributed by atoms with Gasteiger partial charge in [0.25, 0.3) is 0 Å². The molecule has 0 unspecified atom stereocenters. The first-order valence-corrected chi connectivity index (χ1v) is 11.7. The highest BCUT2D eigenvalue weighted by molar-refractivity contribution is 6.32. The third kappa shape index (κ3) is 6.96. The number of nitrogens with zero attached hydrogens (tertiary/aromatic N) is 5. The van der Waals surface area contributed by atoms with E-state index in [0.717, 1.165) is 11.3 Å². The molecule has 0 atom stereocenters. The van der Waals surface area contributed by atoms with E-state index in [1.54, 1.807) is 23.3 Å². The van der Waals surface area contributed by atoms with E-state index in [1.807, 2.05) is 44.1 Å². The molecule has 0 saturated carbocycles. The Labute approximate surface area is 221 Å². The van der Waals surface area contributed by atoms with Crippen LogP contribution in [0.2, 0.25) is 5.02 Å². The maximum atomic E-state index is 12.1. The minimum atomic E-state index is -0.379. The van der Waals surface area contributed by atoms with Crippen LogP contribution < -0.4 is 20.1 Å². The number of aromatic nitrogens is 2. The Bertz CT molecular complexity index is 1270. The summed E-state index contributed by atoms with van der Waals surface area (Å²) in [5, 5.41) is 11.9.